The summed E-state index contributed by atoms with van der Waals surface area (Å²) in [7, 11) is 0. The Bertz CT molecular complexity index is 410. The fourth-order valence-corrected chi connectivity index (χ4v) is 1.32. The highest BCUT2D eigenvalue weighted by Crippen LogP contribution is 2.26. The lowest BCUT2D eigenvalue weighted by Gasteiger charge is -2.17. The SMILES string of the molecule is C[C@](N)(C#N)c1cc(Br)c(F)cc1F. The summed E-state index contributed by atoms with van der Waals surface area (Å²) in [6.45, 7) is 1.36. The van der Waals surface area contributed by atoms with Gasteiger partial charge in [-0.2, -0.15) is 5.26 Å². The number of hydrogen-bond donors (Lipinski definition) is 1. The molecule has 0 bridgehead atoms. The molecule has 0 aliphatic carbocycles. The topological polar surface area (TPSA) is 49.8 Å². The first kappa shape index (κ1) is 11.1. The fourth-order valence-electron chi connectivity index (χ4n) is 0.981. The Kier molecular flexibility index (Phi) is 2.88. The highest BCUT2D eigenvalue weighted by molar-refractivity contribution is 9.10. The largest absolute Gasteiger partial charge is 0.310 e. The van der Waals surface area contributed by atoms with E-state index in [1.54, 1.807) is 6.07 Å². The van der Waals surface area contributed by atoms with Gasteiger partial charge >= 0.3 is 0 Å². The predicted octanol–water partition coefficient (Wildman–Crippen LogP) is 2.42. The Balaban J connectivity index is 3.38. The zero-order chi connectivity index (χ0) is 10.9. The Morgan fingerprint density at radius 2 is 2.00 bits per heavy atom. The van der Waals surface area contributed by atoms with Crippen LogP contribution in [0.5, 0.6) is 0 Å². The molecule has 1 rings (SSSR count). The maximum Gasteiger partial charge on any atom is 0.140 e. The van der Waals surface area contributed by atoms with Gasteiger partial charge in [0.05, 0.1) is 10.5 Å². The van der Waals surface area contributed by atoms with Crippen LogP contribution in [0.4, 0.5) is 8.78 Å². The lowest BCUT2D eigenvalue weighted by atomic mass is 9.94. The standard InChI is InChI=1S/C9H7BrF2N2/c1-9(14,4-13)5-2-6(10)8(12)3-7(5)11/h2-3H,14H2,1H3/t9-/m0/s1. The van der Waals surface area contributed by atoms with Crippen LogP contribution >= 0.6 is 15.9 Å². The Labute approximate surface area is 88.5 Å². The van der Waals surface area contributed by atoms with E-state index in [2.05, 4.69) is 15.9 Å². The van der Waals surface area contributed by atoms with Crippen LogP contribution in [0, 0.1) is 23.0 Å². The highest BCUT2D eigenvalue weighted by Gasteiger charge is 2.25. The third-order valence-electron chi connectivity index (χ3n) is 1.80. The Morgan fingerprint density at radius 1 is 1.43 bits per heavy atom. The number of benzene rings is 1. The summed E-state index contributed by atoms with van der Waals surface area (Å²) < 4.78 is 26.1. The van der Waals surface area contributed by atoms with E-state index < -0.39 is 17.2 Å². The molecule has 74 valence electrons. The van der Waals surface area contributed by atoms with Gasteiger partial charge in [-0.15, -0.1) is 0 Å². The summed E-state index contributed by atoms with van der Waals surface area (Å²) in [5.74, 6) is -1.54. The van der Waals surface area contributed by atoms with E-state index in [-0.39, 0.29) is 10.0 Å². The van der Waals surface area contributed by atoms with Gasteiger partial charge in [-0.3, -0.25) is 0 Å². The van der Waals surface area contributed by atoms with Gasteiger partial charge < -0.3 is 5.73 Å². The normalized spacial score (nSPS) is 14.6. The van der Waals surface area contributed by atoms with Crippen molar-refractivity contribution in [3.05, 3.63) is 33.8 Å². The molecule has 0 unspecified atom stereocenters. The van der Waals surface area contributed by atoms with Crippen LogP contribution in [0.1, 0.15) is 12.5 Å². The summed E-state index contributed by atoms with van der Waals surface area (Å²) in [6, 6.07) is 3.61. The molecule has 0 saturated heterocycles. The van der Waals surface area contributed by atoms with Crippen LogP contribution in [-0.2, 0) is 5.54 Å². The molecule has 14 heavy (non-hydrogen) atoms. The summed E-state index contributed by atoms with van der Waals surface area (Å²) in [5.41, 5.74) is 4.02. The molecule has 0 aliphatic rings. The smallest absolute Gasteiger partial charge is 0.140 e. The maximum atomic E-state index is 13.2. The average Bonchev–Trinajstić information content (AvgIpc) is 2.11. The summed E-state index contributed by atoms with van der Waals surface area (Å²) >= 11 is 2.90. The molecule has 0 aromatic heterocycles. The first-order valence-electron chi connectivity index (χ1n) is 3.73. The quantitative estimate of drug-likeness (QED) is 0.789. The number of nitrogens with two attached hydrogens (primary N) is 1. The summed E-state index contributed by atoms with van der Waals surface area (Å²) in [4.78, 5) is 0. The van der Waals surface area contributed by atoms with E-state index in [1.807, 2.05) is 0 Å². The minimum absolute atomic E-state index is 0.0340. The molecule has 0 amide bonds. The molecule has 1 aromatic carbocycles. The molecule has 1 atom stereocenters. The lowest BCUT2D eigenvalue weighted by Crippen LogP contribution is -2.32. The zero-order valence-corrected chi connectivity index (χ0v) is 8.90. The number of halogens is 3. The first-order chi connectivity index (χ1) is 6.38. The second-order valence-corrected chi connectivity index (χ2v) is 3.91. The minimum Gasteiger partial charge on any atom is -0.310 e. The molecule has 0 aliphatic heterocycles. The number of rotatable bonds is 1. The molecule has 0 saturated carbocycles. The van der Waals surface area contributed by atoms with Gasteiger partial charge in [-0.1, -0.05) is 0 Å². The van der Waals surface area contributed by atoms with E-state index in [0.29, 0.717) is 6.07 Å². The first-order valence-corrected chi connectivity index (χ1v) is 4.53. The monoisotopic (exact) mass is 260 g/mol. The van der Waals surface area contributed by atoms with Gasteiger partial charge in [-0.25, -0.2) is 8.78 Å². The maximum absolute atomic E-state index is 13.2. The molecule has 2 nitrogen and oxygen atoms in total. The van der Waals surface area contributed by atoms with Crippen molar-refractivity contribution >= 4 is 15.9 Å². The van der Waals surface area contributed by atoms with Crippen molar-refractivity contribution in [1.29, 1.82) is 5.26 Å². The van der Waals surface area contributed by atoms with E-state index in [0.717, 1.165) is 0 Å². The Morgan fingerprint density at radius 3 is 2.50 bits per heavy atom. The third kappa shape index (κ3) is 1.91. The van der Waals surface area contributed by atoms with Gasteiger partial charge in [0.2, 0.25) is 0 Å². The van der Waals surface area contributed by atoms with Gasteiger partial charge in [0.25, 0.3) is 0 Å². The van der Waals surface area contributed by atoms with Crippen LogP contribution in [0.15, 0.2) is 16.6 Å². The molecule has 0 radical (unpaired) electrons. The molecule has 0 spiro atoms. The lowest BCUT2D eigenvalue weighted by molar-refractivity contribution is 0.530. The van der Waals surface area contributed by atoms with Crippen LogP contribution in [0.25, 0.3) is 0 Å². The number of hydrogen-bond acceptors (Lipinski definition) is 2. The molecular weight excluding hydrogens is 254 g/mol. The van der Waals surface area contributed by atoms with Gasteiger partial charge in [0.1, 0.15) is 17.2 Å². The van der Waals surface area contributed by atoms with Crippen LogP contribution in [-0.4, -0.2) is 0 Å². The van der Waals surface area contributed by atoms with Crippen LogP contribution in [0.3, 0.4) is 0 Å². The van der Waals surface area contributed by atoms with E-state index in [4.69, 9.17) is 11.0 Å². The highest BCUT2D eigenvalue weighted by atomic mass is 79.9. The second-order valence-electron chi connectivity index (χ2n) is 3.06. The van der Waals surface area contributed by atoms with Gasteiger partial charge in [0, 0.05) is 11.6 Å². The molecule has 5 heteroatoms. The Hall–Kier alpha value is -0.990. The molecular formula is C9H7BrF2N2. The van der Waals surface area contributed by atoms with Crippen molar-refractivity contribution < 1.29 is 8.78 Å². The molecule has 0 heterocycles. The number of nitrogens with zero attached hydrogens (tertiary/aromatic N) is 1. The van der Waals surface area contributed by atoms with Crippen molar-refractivity contribution in [2.45, 2.75) is 12.5 Å². The summed E-state index contributed by atoms with van der Waals surface area (Å²) in [5, 5.41) is 8.68. The fraction of sp³-hybridized carbons (Fsp3) is 0.222. The molecule has 2 N–H and O–H groups in total. The second kappa shape index (κ2) is 3.64. The van der Waals surface area contributed by atoms with Gasteiger partial charge in [-0.05, 0) is 28.9 Å². The van der Waals surface area contributed by atoms with Gasteiger partial charge in [0.15, 0.2) is 0 Å². The van der Waals surface area contributed by atoms with Crippen LogP contribution in [0.2, 0.25) is 0 Å². The zero-order valence-electron chi connectivity index (χ0n) is 7.31. The van der Waals surface area contributed by atoms with E-state index in [9.17, 15) is 8.78 Å². The van der Waals surface area contributed by atoms with Crippen molar-refractivity contribution in [2.24, 2.45) is 5.73 Å². The van der Waals surface area contributed by atoms with Crippen molar-refractivity contribution in [1.82, 2.24) is 0 Å². The van der Waals surface area contributed by atoms with Crippen molar-refractivity contribution in [3.63, 3.8) is 0 Å². The average molecular weight is 261 g/mol. The van der Waals surface area contributed by atoms with Crippen molar-refractivity contribution in [3.8, 4) is 6.07 Å². The molecule has 0 fully saturated rings. The number of nitriles is 1. The summed E-state index contributed by atoms with van der Waals surface area (Å²) in [6.07, 6.45) is 0. The predicted molar refractivity (Wildman–Crippen MR) is 51.2 cm³/mol. The van der Waals surface area contributed by atoms with E-state index >= 15 is 0 Å². The molecule has 1 aromatic rings. The minimum atomic E-state index is -1.46. The van der Waals surface area contributed by atoms with E-state index in [1.165, 1.54) is 13.0 Å². The van der Waals surface area contributed by atoms with Crippen molar-refractivity contribution in [2.75, 3.05) is 0 Å². The third-order valence-corrected chi connectivity index (χ3v) is 2.41. The van der Waals surface area contributed by atoms with Crippen LogP contribution < -0.4 is 5.73 Å².